The third-order valence-electron chi connectivity index (χ3n) is 3.80. The van der Waals surface area contributed by atoms with Gasteiger partial charge in [-0.05, 0) is 55.1 Å². The number of thiophene rings is 1. The second kappa shape index (κ2) is 5.71. The van der Waals surface area contributed by atoms with Crippen LogP contribution in [-0.2, 0) is 5.41 Å². The molecule has 20 heavy (non-hydrogen) atoms. The molecule has 1 atom stereocenters. The normalized spacial score (nSPS) is 13.5. The molecule has 0 spiro atoms. The van der Waals surface area contributed by atoms with Gasteiger partial charge in [-0.15, -0.1) is 11.3 Å². The van der Waals surface area contributed by atoms with Crippen molar-refractivity contribution in [2.45, 2.75) is 46.1 Å². The summed E-state index contributed by atoms with van der Waals surface area (Å²) in [4.78, 5) is 2.83. The second-order valence-corrected chi connectivity index (χ2v) is 7.63. The molecule has 1 N–H and O–H groups in total. The Kier molecular flexibility index (Phi) is 4.36. The zero-order valence-corrected chi connectivity index (χ0v) is 14.2. The Labute approximate surface area is 127 Å². The predicted octanol–water partition coefficient (Wildman–Crippen LogP) is 4.97. The van der Waals surface area contributed by atoms with Crippen LogP contribution in [0, 0.1) is 13.8 Å². The number of aryl methyl sites for hydroxylation is 2. The number of rotatable bonds is 3. The van der Waals surface area contributed by atoms with Gasteiger partial charge in [0.15, 0.2) is 0 Å². The van der Waals surface area contributed by atoms with Gasteiger partial charge in [-0.1, -0.05) is 39.0 Å². The highest BCUT2D eigenvalue weighted by Gasteiger charge is 2.20. The van der Waals surface area contributed by atoms with Crippen LogP contribution in [0.2, 0.25) is 0 Å². The molecule has 1 aromatic heterocycles. The van der Waals surface area contributed by atoms with Gasteiger partial charge in [0.25, 0.3) is 0 Å². The van der Waals surface area contributed by atoms with Crippen LogP contribution in [0.5, 0.6) is 0 Å². The topological polar surface area (TPSA) is 12.0 Å². The highest BCUT2D eigenvalue weighted by molar-refractivity contribution is 7.12. The molecule has 1 unspecified atom stereocenters. The summed E-state index contributed by atoms with van der Waals surface area (Å²) < 4.78 is 0. The Morgan fingerprint density at radius 3 is 2.20 bits per heavy atom. The minimum atomic E-state index is 0.227. The number of benzene rings is 1. The van der Waals surface area contributed by atoms with Crippen LogP contribution in [0.3, 0.4) is 0 Å². The fourth-order valence-corrected chi connectivity index (χ4v) is 3.53. The Bertz CT molecular complexity index is 590. The predicted molar refractivity (Wildman–Crippen MR) is 89.8 cm³/mol. The molecule has 1 aromatic carbocycles. The first-order chi connectivity index (χ1) is 9.32. The van der Waals surface area contributed by atoms with Crippen molar-refractivity contribution in [3.05, 3.63) is 56.8 Å². The lowest BCUT2D eigenvalue weighted by Crippen LogP contribution is -2.16. The molecule has 2 heteroatoms. The minimum absolute atomic E-state index is 0.227. The van der Waals surface area contributed by atoms with Crippen molar-refractivity contribution in [1.82, 2.24) is 5.32 Å². The third kappa shape index (κ3) is 3.13. The summed E-state index contributed by atoms with van der Waals surface area (Å²) in [7, 11) is 2.04. The van der Waals surface area contributed by atoms with Gasteiger partial charge in [-0.3, -0.25) is 0 Å². The molecule has 0 radical (unpaired) electrons. The largest absolute Gasteiger partial charge is 0.309 e. The van der Waals surface area contributed by atoms with Gasteiger partial charge in [0.2, 0.25) is 0 Å². The molecule has 0 bridgehead atoms. The molecular formula is C18H25NS. The summed E-state index contributed by atoms with van der Waals surface area (Å²) in [5, 5.41) is 3.46. The molecular weight excluding hydrogens is 262 g/mol. The van der Waals surface area contributed by atoms with E-state index in [0.29, 0.717) is 0 Å². The number of hydrogen-bond acceptors (Lipinski definition) is 2. The first-order valence-corrected chi connectivity index (χ1v) is 7.99. The average molecular weight is 287 g/mol. The van der Waals surface area contributed by atoms with E-state index in [1.807, 2.05) is 18.4 Å². The molecule has 0 aliphatic rings. The van der Waals surface area contributed by atoms with Gasteiger partial charge in [0, 0.05) is 9.75 Å². The van der Waals surface area contributed by atoms with E-state index < -0.39 is 0 Å². The van der Waals surface area contributed by atoms with Crippen LogP contribution < -0.4 is 5.32 Å². The monoisotopic (exact) mass is 287 g/mol. The van der Waals surface area contributed by atoms with Gasteiger partial charge in [0.05, 0.1) is 6.04 Å². The van der Waals surface area contributed by atoms with E-state index in [4.69, 9.17) is 0 Å². The summed E-state index contributed by atoms with van der Waals surface area (Å²) in [6.07, 6.45) is 0. The summed E-state index contributed by atoms with van der Waals surface area (Å²) >= 11 is 1.91. The van der Waals surface area contributed by atoms with E-state index in [-0.39, 0.29) is 11.5 Å². The van der Waals surface area contributed by atoms with Crippen molar-refractivity contribution >= 4 is 11.3 Å². The number of nitrogens with one attached hydrogen (secondary N) is 1. The molecule has 1 heterocycles. The van der Waals surface area contributed by atoms with Crippen LogP contribution in [0.15, 0.2) is 30.3 Å². The fraction of sp³-hybridized carbons (Fsp3) is 0.444. The van der Waals surface area contributed by atoms with E-state index in [0.717, 1.165) is 0 Å². The molecule has 0 fully saturated rings. The van der Waals surface area contributed by atoms with Crippen molar-refractivity contribution in [3.63, 3.8) is 0 Å². The molecule has 0 saturated heterocycles. The summed E-state index contributed by atoms with van der Waals surface area (Å²) in [6, 6.07) is 11.6. The molecule has 0 aliphatic carbocycles. The number of hydrogen-bond donors (Lipinski definition) is 1. The van der Waals surface area contributed by atoms with Crippen LogP contribution >= 0.6 is 11.3 Å². The molecule has 2 rings (SSSR count). The smallest absolute Gasteiger partial charge is 0.0668 e. The fourth-order valence-electron chi connectivity index (χ4n) is 2.33. The summed E-state index contributed by atoms with van der Waals surface area (Å²) in [6.45, 7) is 11.2. The Morgan fingerprint density at radius 2 is 1.70 bits per heavy atom. The first-order valence-electron chi connectivity index (χ1n) is 7.17. The van der Waals surface area contributed by atoms with Crippen molar-refractivity contribution in [3.8, 4) is 0 Å². The average Bonchev–Trinajstić information content (AvgIpc) is 2.84. The van der Waals surface area contributed by atoms with Crippen LogP contribution in [0.1, 0.15) is 53.3 Å². The highest BCUT2D eigenvalue weighted by Crippen LogP contribution is 2.34. The molecule has 1 nitrogen and oxygen atoms in total. The maximum absolute atomic E-state index is 3.46. The van der Waals surface area contributed by atoms with Gasteiger partial charge in [-0.2, -0.15) is 0 Å². The first kappa shape index (κ1) is 15.3. The van der Waals surface area contributed by atoms with Crippen LogP contribution in [-0.4, -0.2) is 7.05 Å². The van der Waals surface area contributed by atoms with Crippen molar-refractivity contribution in [1.29, 1.82) is 0 Å². The van der Waals surface area contributed by atoms with Gasteiger partial charge in [0.1, 0.15) is 0 Å². The van der Waals surface area contributed by atoms with E-state index in [9.17, 15) is 0 Å². The zero-order chi connectivity index (χ0) is 14.9. The molecule has 0 saturated carbocycles. The van der Waals surface area contributed by atoms with Crippen molar-refractivity contribution in [2.24, 2.45) is 0 Å². The third-order valence-corrected chi connectivity index (χ3v) is 5.38. The standard InChI is InChI=1S/C18H25NS/c1-12-7-8-14(11-13(12)2)17(19-6)15-9-10-16(20-15)18(3,4)5/h7-11,17,19H,1-6H3. The van der Waals surface area contributed by atoms with Crippen molar-refractivity contribution < 1.29 is 0 Å². The van der Waals surface area contributed by atoms with Gasteiger partial charge >= 0.3 is 0 Å². The van der Waals surface area contributed by atoms with E-state index in [1.165, 1.54) is 26.4 Å². The maximum Gasteiger partial charge on any atom is 0.0668 e. The Hall–Kier alpha value is -1.12. The lowest BCUT2D eigenvalue weighted by molar-refractivity contribution is 0.604. The quantitative estimate of drug-likeness (QED) is 0.840. The van der Waals surface area contributed by atoms with Gasteiger partial charge < -0.3 is 5.32 Å². The van der Waals surface area contributed by atoms with Crippen LogP contribution in [0.25, 0.3) is 0 Å². The SMILES string of the molecule is CNC(c1ccc(C)c(C)c1)c1ccc(C(C)(C)C)s1. The van der Waals surface area contributed by atoms with E-state index in [2.05, 4.69) is 70.3 Å². The molecule has 0 aliphatic heterocycles. The zero-order valence-electron chi connectivity index (χ0n) is 13.4. The Morgan fingerprint density at radius 1 is 1.00 bits per heavy atom. The molecule has 108 valence electrons. The van der Waals surface area contributed by atoms with E-state index in [1.54, 1.807) is 0 Å². The second-order valence-electron chi connectivity index (χ2n) is 6.52. The summed E-state index contributed by atoms with van der Waals surface area (Å²) in [5.74, 6) is 0. The molecule has 0 amide bonds. The minimum Gasteiger partial charge on any atom is -0.309 e. The lowest BCUT2D eigenvalue weighted by Gasteiger charge is -2.18. The maximum atomic E-state index is 3.46. The summed E-state index contributed by atoms with van der Waals surface area (Å²) in [5.41, 5.74) is 4.28. The molecule has 2 aromatic rings. The lowest BCUT2D eigenvalue weighted by atomic mass is 9.95. The van der Waals surface area contributed by atoms with Crippen LogP contribution in [0.4, 0.5) is 0 Å². The highest BCUT2D eigenvalue weighted by atomic mass is 32.1. The van der Waals surface area contributed by atoms with Crippen molar-refractivity contribution in [2.75, 3.05) is 7.05 Å². The van der Waals surface area contributed by atoms with Gasteiger partial charge in [-0.25, -0.2) is 0 Å². The Balaban J connectivity index is 2.37. The van der Waals surface area contributed by atoms with E-state index >= 15 is 0 Å².